The van der Waals surface area contributed by atoms with E-state index in [9.17, 15) is 9.18 Å². The molecule has 1 aliphatic carbocycles. The molecule has 8 heteroatoms. The van der Waals surface area contributed by atoms with Gasteiger partial charge in [0.1, 0.15) is 5.82 Å². The third-order valence-corrected chi connectivity index (χ3v) is 7.91. The van der Waals surface area contributed by atoms with Gasteiger partial charge in [0, 0.05) is 44.2 Å². The molecule has 6 atom stereocenters. The highest BCUT2D eigenvalue weighted by atomic mass is 19.1. The van der Waals surface area contributed by atoms with Crippen LogP contribution in [0.3, 0.4) is 0 Å². The van der Waals surface area contributed by atoms with Gasteiger partial charge in [0.2, 0.25) is 5.91 Å². The highest BCUT2D eigenvalue weighted by Gasteiger charge is 2.49. The molecule has 2 aromatic rings. The molecule has 1 saturated heterocycles. The molecule has 6 unspecified atom stereocenters. The first-order valence-electron chi connectivity index (χ1n) is 13.3. The van der Waals surface area contributed by atoms with Crippen molar-refractivity contribution in [3.63, 3.8) is 0 Å². The van der Waals surface area contributed by atoms with Crippen molar-refractivity contribution < 1.29 is 23.4 Å². The Labute approximate surface area is 213 Å². The first-order valence-corrected chi connectivity index (χ1v) is 13.3. The molecule has 0 spiro atoms. The van der Waals surface area contributed by atoms with Gasteiger partial charge in [-0.25, -0.2) is 9.37 Å². The van der Waals surface area contributed by atoms with Crippen LogP contribution in [0, 0.1) is 23.6 Å². The highest BCUT2D eigenvalue weighted by Crippen LogP contribution is 2.44. The number of hydrogen-bond donors (Lipinski definition) is 2. The number of methoxy groups -OCH3 is 2. The van der Waals surface area contributed by atoms with Crippen molar-refractivity contribution in [2.24, 2.45) is 17.8 Å². The number of anilines is 1. The standard InChI is InChI=1S/C28H40FN3O4/c1-6-9-22-19-14-26(35-5)25(34-4)13-18(19)20(28(33)32-22)11-17-10-16-12-24(36-8-3)21(29)15-23(16)31-27(17)30-7-2/h10,12,15,18-20,22,25-26H,6-9,11,13-14H2,1-5H3,(H,30,31)(H,32,33). The Morgan fingerprint density at radius 3 is 2.44 bits per heavy atom. The van der Waals surface area contributed by atoms with Crippen LogP contribution in [0.4, 0.5) is 10.2 Å². The molecule has 4 rings (SSSR count). The van der Waals surface area contributed by atoms with E-state index in [1.54, 1.807) is 20.3 Å². The van der Waals surface area contributed by atoms with Crippen molar-refractivity contribution >= 4 is 22.6 Å². The van der Waals surface area contributed by atoms with Crippen LogP contribution in [0.1, 0.15) is 52.0 Å². The van der Waals surface area contributed by atoms with Crippen molar-refractivity contribution in [2.75, 3.05) is 32.7 Å². The monoisotopic (exact) mass is 501 g/mol. The van der Waals surface area contributed by atoms with Crippen LogP contribution in [0.5, 0.6) is 5.75 Å². The molecule has 198 valence electrons. The minimum absolute atomic E-state index is 0.0257. The molecule has 1 amide bonds. The molecule has 2 heterocycles. The Morgan fingerprint density at radius 2 is 1.81 bits per heavy atom. The summed E-state index contributed by atoms with van der Waals surface area (Å²) >= 11 is 0. The maximum absolute atomic E-state index is 14.5. The second-order valence-electron chi connectivity index (χ2n) is 10.00. The Hall–Kier alpha value is -2.45. The second-order valence-corrected chi connectivity index (χ2v) is 10.00. The maximum Gasteiger partial charge on any atom is 0.223 e. The Balaban J connectivity index is 1.71. The number of benzene rings is 1. The molecular formula is C28H40FN3O4. The number of fused-ring (bicyclic) bond motifs is 2. The zero-order valence-electron chi connectivity index (χ0n) is 22.1. The van der Waals surface area contributed by atoms with Gasteiger partial charge in [-0.05, 0) is 69.1 Å². The Bertz CT molecular complexity index is 1060. The summed E-state index contributed by atoms with van der Waals surface area (Å²) in [4.78, 5) is 18.2. The lowest BCUT2D eigenvalue weighted by Gasteiger charge is -2.49. The van der Waals surface area contributed by atoms with Crippen LogP contribution >= 0.6 is 0 Å². The Kier molecular flexibility index (Phi) is 8.67. The van der Waals surface area contributed by atoms with E-state index in [4.69, 9.17) is 19.2 Å². The SMILES string of the molecule is CCCC1NC(=O)C(Cc2cc3cc(OCC)c(F)cc3nc2NCC)C2CC(OC)C(OC)CC12. The number of nitrogens with one attached hydrogen (secondary N) is 2. The summed E-state index contributed by atoms with van der Waals surface area (Å²) in [5, 5.41) is 7.47. The predicted octanol–water partition coefficient (Wildman–Crippen LogP) is 4.72. The predicted molar refractivity (Wildman–Crippen MR) is 139 cm³/mol. The van der Waals surface area contributed by atoms with E-state index < -0.39 is 5.82 Å². The molecule has 0 radical (unpaired) electrons. The van der Waals surface area contributed by atoms with Crippen LogP contribution in [-0.2, 0) is 20.7 Å². The summed E-state index contributed by atoms with van der Waals surface area (Å²) in [6, 6.07) is 5.29. The minimum atomic E-state index is -0.427. The molecule has 1 saturated carbocycles. The molecule has 2 fully saturated rings. The van der Waals surface area contributed by atoms with Gasteiger partial charge in [-0.1, -0.05) is 13.3 Å². The van der Waals surface area contributed by atoms with Gasteiger partial charge in [-0.3, -0.25) is 4.79 Å². The minimum Gasteiger partial charge on any atom is -0.491 e. The molecule has 1 aromatic carbocycles. The Morgan fingerprint density at radius 1 is 1.08 bits per heavy atom. The number of halogens is 1. The van der Waals surface area contributed by atoms with Crippen LogP contribution < -0.4 is 15.4 Å². The van der Waals surface area contributed by atoms with Gasteiger partial charge in [-0.2, -0.15) is 0 Å². The van der Waals surface area contributed by atoms with E-state index in [0.29, 0.717) is 36.8 Å². The van der Waals surface area contributed by atoms with E-state index in [1.165, 1.54) is 6.07 Å². The van der Waals surface area contributed by atoms with Gasteiger partial charge in [0.15, 0.2) is 11.6 Å². The number of carbonyl (C=O) groups is 1. The summed E-state index contributed by atoms with van der Waals surface area (Å²) < 4.78 is 31.6. The molecule has 2 aliphatic rings. The number of aromatic nitrogens is 1. The third kappa shape index (κ3) is 5.30. The van der Waals surface area contributed by atoms with Crippen molar-refractivity contribution in [1.82, 2.24) is 10.3 Å². The maximum atomic E-state index is 14.5. The molecule has 1 aliphatic heterocycles. The summed E-state index contributed by atoms with van der Waals surface area (Å²) in [7, 11) is 3.47. The fraction of sp³-hybridized carbons (Fsp3) is 0.643. The quantitative estimate of drug-likeness (QED) is 0.490. The van der Waals surface area contributed by atoms with Gasteiger partial charge >= 0.3 is 0 Å². The van der Waals surface area contributed by atoms with Crippen molar-refractivity contribution in [1.29, 1.82) is 0 Å². The molecular weight excluding hydrogens is 461 g/mol. The number of nitrogens with zero attached hydrogens (tertiary/aromatic N) is 1. The van der Waals surface area contributed by atoms with E-state index in [0.717, 1.165) is 36.6 Å². The lowest BCUT2D eigenvalue weighted by molar-refractivity contribution is -0.144. The number of piperidine rings is 1. The topological polar surface area (TPSA) is 81.7 Å². The number of rotatable bonds is 10. The number of carbonyl (C=O) groups excluding carboxylic acids is 1. The van der Waals surface area contributed by atoms with Crippen LogP contribution in [-0.4, -0.2) is 56.5 Å². The normalized spacial score (nSPS) is 28.0. The average Bonchev–Trinajstić information content (AvgIpc) is 2.87. The molecule has 0 bridgehead atoms. The average molecular weight is 502 g/mol. The van der Waals surface area contributed by atoms with Crippen molar-refractivity contribution in [3.8, 4) is 5.75 Å². The van der Waals surface area contributed by atoms with E-state index in [2.05, 4.69) is 17.6 Å². The summed E-state index contributed by atoms with van der Waals surface area (Å²) in [5.74, 6) is 0.890. The summed E-state index contributed by atoms with van der Waals surface area (Å²) in [6.45, 7) is 7.05. The largest absolute Gasteiger partial charge is 0.491 e. The molecule has 7 nitrogen and oxygen atoms in total. The fourth-order valence-electron chi connectivity index (χ4n) is 6.24. The second kappa shape index (κ2) is 11.7. The summed E-state index contributed by atoms with van der Waals surface area (Å²) in [5.41, 5.74) is 1.51. The number of hydrogen-bond acceptors (Lipinski definition) is 6. The van der Waals surface area contributed by atoms with Gasteiger partial charge < -0.3 is 24.8 Å². The fourth-order valence-corrected chi connectivity index (χ4v) is 6.24. The van der Waals surface area contributed by atoms with Crippen LogP contribution in [0.15, 0.2) is 18.2 Å². The summed E-state index contributed by atoms with van der Waals surface area (Å²) in [6.07, 6.45) is 4.17. The smallest absolute Gasteiger partial charge is 0.223 e. The number of amides is 1. The van der Waals surface area contributed by atoms with Gasteiger partial charge in [0.05, 0.1) is 24.3 Å². The van der Waals surface area contributed by atoms with Gasteiger partial charge in [-0.15, -0.1) is 0 Å². The van der Waals surface area contributed by atoms with E-state index in [-0.39, 0.29) is 41.7 Å². The lowest BCUT2D eigenvalue weighted by Crippen LogP contribution is -2.59. The highest BCUT2D eigenvalue weighted by molar-refractivity contribution is 5.85. The van der Waals surface area contributed by atoms with E-state index in [1.807, 2.05) is 19.9 Å². The zero-order chi connectivity index (χ0) is 25.8. The first-order chi connectivity index (χ1) is 17.4. The zero-order valence-corrected chi connectivity index (χ0v) is 22.1. The third-order valence-electron chi connectivity index (χ3n) is 7.91. The van der Waals surface area contributed by atoms with Crippen LogP contribution in [0.25, 0.3) is 10.9 Å². The molecule has 36 heavy (non-hydrogen) atoms. The first kappa shape index (κ1) is 26.6. The molecule has 1 aromatic heterocycles. The van der Waals surface area contributed by atoms with Gasteiger partial charge in [0.25, 0.3) is 0 Å². The lowest BCUT2D eigenvalue weighted by atomic mass is 9.63. The number of ether oxygens (including phenoxy) is 3. The van der Waals surface area contributed by atoms with Crippen molar-refractivity contribution in [3.05, 3.63) is 29.6 Å². The van der Waals surface area contributed by atoms with E-state index >= 15 is 0 Å². The number of pyridine rings is 1. The van der Waals surface area contributed by atoms with Crippen molar-refractivity contribution in [2.45, 2.75) is 71.1 Å². The van der Waals surface area contributed by atoms with Crippen LogP contribution in [0.2, 0.25) is 0 Å². The molecule has 2 N–H and O–H groups in total.